The Hall–Kier alpha value is -2.15. The van der Waals surface area contributed by atoms with Crippen molar-refractivity contribution >= 4 is 11.8 Å². The third-order valence-corrected chi connectivity index (χ3v) is 1.70. The van der Waals surface area contributed by atoms with Crippen LogP contribution in [0.5, 0.6) is 0 Å². The van der Waals surface area contributed by atoms with E-state index in [1.54, 1.807) is 36.4 Å². The molecular weight excluding hydrogens is 194 g/mol. The molecule has 0 heterocycles. The minimum Gasteiger partial charge on any atom is -0.450 e. The van der Waals surface area contributed by atoms with Crippen LogP contribution in [0.1, 0.15) is 16.8 Å². The molecule has 1 aromatic rings. The zero-order valence-electron chi connectivity index (χ0n) is 7.97. The quantitative estimate of drug-likeness (QED) is 0.420. The first-order valence-corrected chi connectivity index (χ1v) is 4.35. The number of carbonyl (C=O) groups is 2. The topological polar surface area (TPSA) is 67.2 Å². The van der Waals surface area contributed by atoms with Crippen LogP contribution in [0.25, 0.3) is 0 Å². The molecule has 15 heavy (non-hydrogen) atoms. The van der Waals surface area contributed by atoms with Crippen molar-refractivity contribution in [3.05, 3.63) is 35.9 Å². The monoisotopic (exact) mass is 203 g/mol. The van der Waals surface area contributed by atoms with Gasteiger partial charge in [-0.3, -0.25) is 9.59 Å². The minimum atomic E-state index is -0.676. The Morgan fingerprint density at radius 2 is 1.93 bits per heavy atom. The molecule has 0 saturated carbocycles. The van der Waals surface area contributed by atoms with Gasteiger partial charge in [-0.1, -0.05) is 30.3 Å². The number of esters is 1. The summed E-state index contributed by atoms with van der Waals surface area (Å²) in [5.41, 5.74) is 0.464. The van der Waals surface area contributed by atoms with Gasteiger partial charge in [0.25, 0.3) is 0 Å². The van der Waals surface area contributed by atoms with E-state index < -0.39 is 5.97 Å². The number of nitriles is 1. The van der Waals surface area contributed by atoms with Gasteiger partial charge in [-0.2, -0.15) is 5.26 Å². The molecule has 0 saturated heterocycles. The molecule has 0 unspecified atom stereocenters. The molecule has 0 aliphatic heterocycles. The van der Waals surface area contributed by atoms with Crippen LogP contribution >= 0.6 is 0 Å². The van der Waals surface area contributed by atoms with Gasteiger partial charge >= 0.3 is 5.97 Å². The fraction of sp³-hybridized carbons (Fsp3) is 0.182. The van der Waals surface area contributed by atoms with Gasteiger partial charge in [0.1, 0.15) is 12.5 Å². The molecule has 4 nitrogen and oxygen atoms in total. The lowest BCUT2D eigenvalue weighted by atomic mass is 10.1. The minimum absolute atomic E-state index is 0.307. The zero-order valence-corrected chi connectivity index (χ0v) is 7.97. The third kappa shape index (κ3) is 3.61. The van der Waals surface area contributed by atoms with Gasteiger partial charge in [0.15, 0.2) is 12.4 Å². The van der Waals surface area contributed by atoms with Crippen LogP contribution in [0.3, 0.4) is 0 Å². The molecule has 0 aliphatic carbocycles. The maximum Gasteiger partial charge on any atom is 0.314 e. The number of hydrogen-bond donors (Lipinski definition) is 0. The van der Waals surface area contributed by atoms with Crippen molar-refractivity contribution < 1.29 is 14.3 Å². The normalized spacial score (nSPS) is 9.00. The summed E-state index contributed by atoms with van der Waals surface area (Å²) < 4.78 is 4.46. The maximum atomic E-state index is 11.4. The number of carbonyl (C=O) groups excluding carboxylic acids is 2. The summed E-state index contributed by atoms with van der Waals surface area (Å²) in [6.45, 7) is -0.319. The van der Waals surface area contributed by atoms with Crippen LogP contribution in [-0.4, -0.2) is 18.4 Å². The highest BCUT2D eigenvalue weighted by atomic mass is 16.5. The number of benzene rings is 1. The fourth-order valence-electron chi connectivity index (χ4n) is 1.02. The Labute approximate surface area is 87.1 Å². The van der Waals surface area contributed by atoms with Crippen molar-refractivity contribution in [1.82, 2.24) is 0 Å². The second-order valence-corrected chi connectivity index (χ2v) is 2.78. The van der Waals surface area contributed by atoms with E-state index in [9.17, 15) is 9.59 Å². The van der Waals surface area contributed by atoms with Crippen LogP contribution < -0.4 is 0 Å². The highest BCUT2D eigenvalue weighted by Gasteiger charge is 2.11. The lowest BCUT2D eigenvalue weighted by Gasteiger charge is -1.99. The lowest BCUT2D eigenvalue weighted by molar-refractivity contribution is -0.141. The van der Waals surface area contributed by atoms with Crippen LogP contribution in [0, 0.1) is 11.3 Å². The predicted molar refractivity (Wildman–Crippen MR) is 52.0 cm³/mol. The molecule has 0 atom stereocenters. The third-order valence-electron chi connectivity index (χ3n) is 1.70. The Bertz CT molecular complexity index is 392. The molecule has 1 rings (SSSR count). The first-order valence-electron chi connectivity index (χ1n) is 4.35. The molecule has 0 spiro atoms. The highest BCUT2D eigenvalue weighted by molar-refractivity contribution is 6.05. The first-order chi connectivity index (χ1) is 7.24. The Kier molecular flexibility index (Phi) is 4.05. The summed E-state index contributed by atoms with van der Waals surface area (Å²) in [7, 11) is 0. The molecular formula is C11H9NO3. The van der Waals surface area contributed by atoms with Gasteiger partial charge < -0.3 is 4.74 Å². The Balaban J connectivity index is 2.50. The molecule has 0 aromatic heterocycles. The molecule has 76 valence electrons. The lowest BCUT2D eigenvalue weighted by Crippen LogP contribution is -2.11. The fourth-order valence-corrected chi connectivity index (χ4v) is 1.02. The standard InChI is InChI=1S/C11H9NO3/c12-6-7-15-11(14)8-10(13)9-4-2-1-3-5-9/h1-5H,7-8H2. The van der Waals surface area contributed by atoms with Gasteiger partial charge in [0, 0.05) is 5.56 Å². The number of Topliss-reactive ketones (excluding diaryl/α,β-unsaturated/α-hetero) is 1. The van der Waals surface area contributed by atoms with E-state index in [1.165, 1.54) is 0 Å². The second kappa shape index (κ2) is 5.55. The summed E-state index contributed by atoms with van der Waals surface area (Å²) in [5.74, 6) is -0.982. The van der Waals surface area contributed by atoms with E-state index in [1.807, 2.05) is 0 Å². The molecule has 1 aromatic carbocycles. The van der Waals surface area contributed by atoms with Crippen LogP contribution in [0.15, 0.2) is 30.3 Å². The molecule has 4 heteroatoms. The molecule has 0 N–H and O–H groups in total. The van der Waals surface area contributed by atoms with Crippen molar-refractivity contribution in [1.29, 1.82) is 5.26 Å². The summed E-state index contributed by atoms with van der Waals surface area (Å²) in [6, 6.07) is 10.1. The van der Waals surface area contributed by atoms with Crippen LogP contribution in [0.4, 0.5) is 0 Å². The summed E-state index contributed by atoms with van der Waals surface area (Å²) >= 11 is 0. The Morgan fingerprint density at radius 1 is 1.27 bits per heavy atom. The smallest absolute Gasteiger partial charge is 0.314 e. The van der Waals surface area contributed by atoms with Gasteiger partial charge in [-0.05, 0) is 0 Å². The SMILES string of the molecule is N#CCOC(=O)CC(=O)c1ccccc1. The number of ketones is 1. The molecule has 0 fully saturated rings. The molecule has 0 bridgehead atoms. The average molecular weight is 203 g/mol. The van der Waals surface area contributed by atoms with Gasteiger partial charge in [0.05, 0.1) is 0 Å². The predicted octanol–water partition coefficient (Wildman–Crippen LogP) is 1.33. The highest BCUT2D eigenvalue weighted by Crippen LogP contribution is 2.03. The van der Waals surface area contributed by atoms with Crippen molar-refractivity contribution in [3.8, 4) is 6.07 Å². The van der Waals surface area contributed by atoms with Gasteiger partial charge in [0.2, 0.25) is 0 Å². The summed E-state index contributed by atoms with van der Waals surface area (Å²) in [5, 5.41) is 8.15. The van der Waals surface area contributed by atoms with E-state index in [2.05, 4.69) is 4.74 Å². The van der Waals surface area contributed by atoms with Crippen molar-refractivity contribution in [2.75, 3.05) is 6.61 Å². The molecule has 0 aliphatic rings. The van der Waals surface area contributed by atoms with Gasteiger partial charge in [-0.25, -0.2) is 0 Å². The van der Waals surface area contributed by atoms with E-state index in [0.717, 1.165) is 0 Å². The van der Waals surface area contributed by atoms with E-state index >= 15 is 0 Å². The van der Waals surface area contributed by atoms with Crippen LogP contribution in [-0.2, 0) is 9.53 Å². The second-order valence-electron chi connectivity index (χ2n) is 2.78. The van der Waals surface area contributed by atoms with Crippen molar-refractivity contribution in [2.45, 2.75) is 6.42 Å². The first kappa shape index (κ1) is 10.9. The van der Waals surface area contributed by atoms with E-state index in [4.69, 9.17) is 5.26 Å². The average Bonchev–Trinajstić information content (AvgIpc) is 2.27. The number of hydrogen-bond acceptors (Lipinski definition) is 4. The number of nitrogens with zero attached hydrogens (tertiary/aromatic N) is 1. The number of rotatable bonds is 4. The summed E-state index contributed by atoms with van der Waals surface area (Å²) in [4.78, 5) is 22.4. The zero-order chi connectivity index (χ0) is 11.1. The summed E-state index contributed by atoms with van der Waals surface area (Å²) in [6.07, 6.45) is -0.328. The Morgan fingerprint density at radius 3 is 2.53 bits per heavy atom. The number of ether oxygens (including phenoxy) is 1. The van der Waals surface area contributed by atoms with Crippen LogP contribution in [0.2, 0.25) is 0 Å². The van der Waals surface area contributed by atoms with Crippen molar-refractivity contribution in [3.63, 3.8) is 0 Å². The van der Waals surface area contributed by atoms with Gasteiger partial charge in [-0.15, -0.1) is 0 Å². The van der Waals surface area contributed by atoms with Crippen molar-refractivity contribution in [2.24, 2.45) is 0 Å². The molecule has 0 radical (unpaired) electrons. The van der Waals surface area contributed by atoms with E-state index in [-0.39, 0.29) is 18.8 Å². The molecule has 0 amide bonds. The largest absolute Gasteiger partial charge is 0.450 e. The maximum absolute atomic E-state index is 11.4. The van der Waals surface area contributed by atoms with E-state index in [0.29, 0.717) is 5.56 Å².